The van der Waals surface area contributed by atoms with Gasteiger partial charge in [-0.05, 0) is 54.8 Å². The van der Waals surface area contributed by atoms with Crippen molar-refractivity contribution in [2.45, 2.75) is 19.8 Å². The number of phenols is 1. The lowest BCUT2D eigenvalue weighted by molar-refractivity contribution is -0.136. The van der Waals surface area contributed by atoms with E-state index in [0.717, 1.165) is 26.4 Å². The van der Waals surface area contributed by atoms with Crippen LogP contribution >= 0.6 is 11.3 Å². The fraction of sp³-hybridized carbons (Fsp3) is 0.200. The number of fused-ring (bicyclic) bond motifs is 1. The lowest BCUT2D eigenvalue weighted by Crippen LogP contribution is -1.96. The number of hydrogen-bond donors (Lipinski definition) is 2. The van der Waals surface area contributed by atoms with Crippen LogP contribution in [0.4, 0.5) is 0 Å². The van der Waals surface area contributed by atoms with Gasteiger partial charge in [0.2, 0.25) is 0 Å². The maximum absolute atomic E-state index is 11.0. The molecule has 5 nitrogen and oxygen atoms in total. The fourth-order valence-electron chi connectivity index (χ4n) is 2.58. The number of aromatic nitrogens is 1. The zero-order valence-electron chi connectivity index (χ0n) is 14.3. The SMILES string of the molecule is CCOc1cc(C=C(CCC(=O)O)c2nc3ccccc3s2)ccc1O. The fourth-order valence-corrected chi connectivity index (χ4v) is 3.59. The number of thiazole rings is 1. The zero-order chi connectivity index (χ0) is 18.5. The third kappa shape index (κ3) is 4.21. The Hall–Kier alpha value is -2.86. The standard InChI is InChI=1S/C20H19NO4S/c1-2-25-17-12-13(7-9-16(17)22)11-14(8-10-19(23)24)20-21-15-5-3-4-6-18(15)26-20/h3-7,9,11-12,22H,2,8,10H2,1H3,(H,23,24). The van der Waals surface area contributed by atoms with Crippen molar-refractivity contribution >= 4 is 39.2 Å². The molecular formula is C20H19NO4S. The molecule has 1 heterocycles. The monoisotopic (exact) mass is 369 g/mol. The molecule has 3 rings (SSSR count). The minimum atomic E-state index is -0.849. The summed E-state index contributed by atoms with van der Waals surface area (Å²) in [5.41, 5.74) is 2.57. The van der Waals surface area contributed by atoms with E-state index in [9.17, 15) is 9.90 Å². The quantitative estimate of drug-likeness (QED) is 0.625. The highest BCUT2D eigenvalue weighted by Gasteiger charge is 2.12. The van der Waals surface area contributed by atoms with Gasteiger partial charge >= 0.3 is 5.97 Å². The van der Waals surface area contributed by atoms with Crippen LogP contribution in [-0.2, 0) is 4.79 Å². The van der Waals surface area contributed by atoms with Crippen molar-refractivity contribution in [2.24, 2.45) is 0 Å². The molecule has 0 radical (unpaired) electrons. The molecule has 0 aliphatic heterocycles. The van der Waals surface area contributed by atoms with Crippen molar-refractivity contribution in [3.8, 4) is 11.5 Å². The predicted octanol–water partition coefficient (Wildman–Crippen LogP) is 4.81. The summed E-state index contributed by atoms with van der Waals surface area (Å²) in [6.07, 6.45) is 2.31. The summed E-state index contributed by atoms with van der Waals surface area (Å²) in [7, 11) is 0. The number of para-hydroxylation sites is 1. The molecule has 0 aliphatic carbocycles. The Bertz CT molecular complexity index is 928. The van der Waals surface area contributed by atoms with Crippen molar-refractivity contribution in [3.05, 3.63) is 53.0 Å². The van der Waals surface area contributed by atoms with Crippen LogP contribution in [0.3, 0.4) is 0 Å². The van der Waals surface area contributed by atoms with Crippen LogP contribution in [0.25, 0.3) is 21.9 Å². The highest BCUT2D eigenvalue weighted by molar-refractivity contribution is 7.19. The van der Waals surface area contributed by atoms with Crippen LogP contribution in [-0.4, -0.2) is 27.8 Å². The molecule has 0 saturated heterocycles. The van der Waals surface area contributed by atoms with Crippen molar-refractivity contribution in [3.63, 3.8) is 0 Å². The number of benzene rings is 2. The summed E-state index contributed by atoms with van der Waals surface area (Å²) in [4.78, 5) is 15.7. The van der Waals surface area contributed by atoms with Crippen LogP contribution < -0.4 is 4.74 Å². The maximum atomic E-state index is 11.0. The lowest BCUT2D eigenvalue weighted by Gasteiger charge is -2.08. The first-order valence-corrected chi connectivity index (χ1v) is 9.12. The molecule has 0 amide bonds. The van der Waals surface area contributed by atoms with E-state index in [1.165, 1.54) is 0 Å². The van der Waals surface area contributed by atoms with Gasteiger partial charge in [0.15, 0.2) is 11.5 Å². The normalized spacial score (nSPS) is 11.7. The molecule has 2 aromatic carbocycles. The molecule has 0 unspecified atom stereocenters. The molecule has 3 aromatic rings. The Morgan fingerprint density at radius 2 is 2.04 bits per heavy atom. The van der Waals surface area contributed by atoms with Gasteiger partial charge in [0.25, 0.3) is 0 Å². The smallest absolute Gasteiger partial charge is 0.303 e. The molecule has 26 heavy (non-hydrogen) atoms. The summed E-state index contributed by atoms with van der Waals surface area (Å²) < 4.78 is 6.48. The van der Waals surface area contributed by atoms with Crippen LogP contribution in [0.5, 0.6) is 11.5 Å². The van der Waals surface area contributed by atoms with E-state index in [1.807, 2.05) is 37.3 Å². The molecule has 1 aromatic heterocycles. The Balaban J connectivity index is 2.01. The number of ether oxygens (including phenoxy) is 1. The number of rotatable bonds is 7. The van der Waals surface area contributed by atoms with Crippen molar-refractivity contribution in [1.29, 1.82) is 0 Å². The third-order valence-corrected chi connectivity index (χ3v) is 4.91. The number of allylic oxidation sites excluding steroid dienone is 1. The highest BCUT2D eigenvalue weighted by atomic mass is 32.1. The molecule has 0 aliphatic rings. The average molecular weight is 369 g/mol. The van der Waals surface area contributed by atoms with Crippen LogP contribution in [0, 0.1) is 0 Å². The average Bonchev–Trinajstić information content (AvgIpc) is 3.05. The first-order valence-electron chi connectivity index (χ1n) is 8.31. The van der Waals surface area contributed by atoms with Gasteiger partial charge in [-0.2, -0.15) is 0 Å². The summed E-state index contributed by atoms with van der Waals surface area (Å²) in [6.45, 7) is 2.30. The summed E-state index contributed by atoms with van der Waals surface area (Å²) in [5.74, 6) is -0.364. The number of carboxylic acid groups (broad SMARTS) is 1. The van der Waals surface area contributed by atoms with E-state index in [1.54, 1.807) is 29.5 Å². The second-order valence-corrected chi connectivity index (χ2v) is 6.74. The second-order valence-electron chi connectivity index (χ2n) is 5.71. The van der Waals surface area contributed by atoms with E-state index in [4.69, 9.17) is 9.84 Å². The molecule has 6 heteroatoms. The number of aromatic hydroxyl groups is 1. The van der Waals surface area contributed by atoms with E-state index >= 15 is 0 Å². The van der Waals surface area contributed by atoms with E-state index in [0.29, 0.717) is 18.8 Å². The number of carboxylic acids is 1. The summed E-state index contributed by atoms with van der Waals surface area (Å²) in [5, 5.41) is 19.7. The van der Waals surface area contributed by atoms with Crippen molar-refractivity contribution < 1.29 is 19.7 Å². The van der Waals surface area contributed by atoms with Crippen molar-refractivity contribution in [2.75, 3.05) is 6.61 Å². The third-order valence-electron chi connectivity index (χ3n) is 3.80. The molecule has 134 valence electrons. The zero-order valence-corrected chi connectivity index (χ0v) is 15.1. The van der Waals surface area contributed by atoms with Gasteiger partial charge in [0.1, 0.15) is 5.01 Å². The van der Waals surface area contributed by atoms with Gasteiger partial charge in [0, 0.05) is 6.42 Å². The molecule has 0 fully saturated rings. The van der Waals surface area contributed by atoms with Gasteiger partial charge < -0.3 is 14.9 Å². The number of hydrogen-bond acceptors (Lipinski definition) is 5. The van der Waals surface area contributed by atoms with E-state index in [2.05, 4.69) is 4.98 Å². The Morgan fingerprint density at radius 1 is 1.23 bits per heavy atom. The maximum Gasteiger partial charge on any atom is 0.303 e. The van der Waals surface area contributed by atoms with Gasteiger partial charge in [-0.1, -0.05) is 18.2 Å². The Kier molecular flexibility index (Phi) is 5.53. The van der Waals surface area contributed by atoms with E-state index < -0.39 is 5.97 Å². The number of nitrogens with zero attached hydrogens (tertiary/aromatic N) is 1. The summed E-state index contributed by atoms with van der Waals surface area (Å²) in [6, 6.07) is 12.9. The molecule has 2 N–H and O–H groups in total. The molecular weight excluding hydrogens is 350 g/mol. The van der Waals surface area contributed by atoms with Crippen LogP contribution in [0.1, 0.15) is 30.3 Å². The molecule has 0 bridgehead atoms. The van der Waals surface area contributed by atoms with E-state index in [-0.39, 0.29) is 12.2 Å². The highest BCUT2D eigenvalue weighted by Crippen LogP contribution is 2.33. The molecule has 0 saturated carbocycles. The number of aliphatic carboxylic acids is 1. The van der Waals surface area contributed by atoms with Crippen LogP contribution in [0.15, 0.2) is 42.5 Å². The van der Waals surface area contributed by atoms with Crippen molar-refractivity contribution in [1.82, 2.24) is 4.98 Å². The minimum Gasteiger partial charge on any atom is -0.504 e. The first-order chi connectivity index (χ1) is 12.6. The van der Waals surface area contributed by atoms with Gasteiger partial charge in [-0.15, -0.1) is 11.3 Å². The number of carbonyl (C=O) groups is 1. The summed E-state index contributed by atoms with van der Waals surface area (Å²) >= 11 is 1.54. The molecule has 0 spiro atoms. The first kappa shape index (κ1) is 17.9. The predicted molar refractivity (Wildman–Crippen MR) is 104 cm³/mol. The number of phenolic OH excluding ortho intramolecular Hbond substituents is 1. The largest absolute Gasteiger partial charge is 0.504 e. The van der Waals surface area contributed by atoms with Gasteiger partial charge in [-0.25, -0.2) is 4.98 Å². The topological polar surface area (TPSA) is 79.7 Å². The van der Waals surface area contributed by atoms with Gasteiger partial charge in [0.05, 0.1) is 16.8 Å². The minimum absolute atomic E-state index is 0.0260. The molecule has 0 atom stereocenters. The van der Waals surface area contributed by atoms with Crippen LogP contribution in [0.2, 0.25) is 0 Å². The Morgan fingerprint density at radius 3 is 2.77 bits per heavy atom. The Labute approximate surface area is 155 Å². The second kappa shape index (κ2) is 8.01. The van der Waals surface area contributed by atoms with Gasteiger partial charge in [-0.3, -0.25) is 4.79 Å². The lowest BCUT2D eigenvalue weighted by atomic mass is 10.1.